The Morgan fingerprint density at radius 1 is 0.719 bits per heavy atom. The van der Waals surface area contributed by atoms with E-state index < -0.39 is 0 Å². The second kappa shape index (κ2) is 9.50. The van der Waals surface area contributed by atoms with Crippen LogP contribution in [-0.4, -0.2) is 37.5 Å². The van der Waals surface area contributed by atoms with Crippen molar-refractivity contribution < 1.29 is 5.11 Å². The number of benzene rings is 4. The van der Waals surface area contributed by atoms with Crippen molar-refractivity contribution >= 4 is 39.1 Å². The number of aromatic nitrogens is 1. The summed E-state index contributed by atoms with van der Waals surface area (Å²) in [5.41, 5.74) is 5.51. The van der Waals surface area contributed by atoms with Gasteiger partial charge < -0.3 is 15.0 Å². The molecule has 4 heteroatoms. The first-order valence-corrected chi connectivity index (χ1v) is 10.6. The van der Waals surface area contributed by atoms with E-state index in [1.807, 2.05) is 24.5 Å². The molecule has 160 valence electrons. The van der Waals surface area contributed by atoms with Gasteiger partial charge in [-0.15, -0.1) is 0 Å². The molecule has 0 fully saturated rings. The molecule has 0 bridgehead atoms. The SMILES string of the molecule is CN(C)c1ccc2ccccc2c1-c1c(N=Cc2ccc[nH]2)ccc2ccccc12.CO. The second-order valence-electron chi connectivity index (χ2n) is 7.64. The van der Waals surface area contributed by atoms with Crippen molar-refractivity contribution in [1.82, 2.24) is 4.98 Å². The Labute approximate surface area is 188 Å². The maximum atomic E-state index is 7.00. The van der Waals surface area contributed by atoms with E-state index >= 15 is 0 Å². The van der Waals surface area contributed by atoms with Crippen LogP contribution in [-0.2, 0) is 0 Å². The number of nitrogens with zero attached hydrogens (tertiary/aromatic N) is 2. The van der Waals surface area contributed by atoms with Crippen LogP contribution >= 0.6 is 0 Å². The van der Waals surface area contributed by atoms with Gasteiger partial charge in [-0.1, -0.05) is 60.7 Å². The Morgan fingerprint density at radius 2 is 1.34 bits per heavy atom. The molecule has 0 aliphatic heterocycles. The van der Waals surface area contributed by atoms with Crippen LogP contribution in [0.3, 0.4) is 0 Å². The van der Waals surface area contributed by atoms with Gasteiger partial charge in [-0.25, -0.2) is 0 Å². The first-order valence-electron chi connectivity index (χ1n) is 10.6. The summed E-state index contributed by atoms with van der Waals surface area (Å²) >= 11 is 0. The van der Waals surface area contributed by atoms with Crippen LogP contribution in [0, 0.1) is 0 Å². The van der Waals surface area contributed by atoms with Crippen molar-refractivity contribution in [2.24, 2.45) is 4.99 Å². The summed E-state index contributed by atoms with van der Waals surface area (Å²) < 4.78 is 0. The minimum atomic E-state index is 0.961. The van der Waals surface area contributed by atoms with Gasteiger partial charge in [0.05, 0.1) is 17.6 Å². The first-order chi connectivity index (χ1) is 15.7. The molecule has 0 spiro atoms. The molecule has 0 unspecified atom stereocenters. The lowest BCUT2D eigenvalue weighted by Crippen LogP contribution is -2.10. The van der Waals surface area contributed by atoms with Gasteiger partial charge in [0.1, 0.15) is 0 Å². The molecule has 0 aliphatic carbocycles. The van der Waals surface area contributed by atoms with E-state index in [0.717, 1.165) is 24.1 Å². The van der Waals surface area contributed by atoms with E-state index in [4.69, 9.17) is 10.1 Å². The van der Waals surface area contributed by atoms with E-state index in [0.29, 0.717) is 0 Å². The fourth-order valence-corrected chi connectivity index (χ4v) is 4.09. The lowest BCUT2D eigenvalue weighted by molar-refractivity contribution is 0.399. The summed E-state index contributed by atoms with van der Waals surface area (Å²) in [5.74, 6) is 0. The summed E-state index contributed by atoms with van der Waals surface area (Å²) in [7, 11) is 5.20. The van der Waals surface area contributed by atoms with Gasteiger partial charge in [0.15, 0.2) is 0 Å². The van der Waals surface area contributed by atoms with Crippen LogP contribution in [0.15, 0.2) is 96.1 Å². The molecule has 0 saturated heterocycles. The average Bonchev–Trinajstić information content (AvgIpc) is 3.36. The quantitative estimate of drug-likeness (QED) is 0.329. The predicted octanol–water partition coefficient (Wildman–Crippen LogP) is 6.41. The van der Waals surface area contributed by atoms with Crippen molar-refractivity contribution in [3.8, 4) is 11.1 Å². The molecule has 5 aromatic rings. The second-order valence-corrected chi connectivity index (χ2v) is 7.64. The van der Waals surface area contributed by atoms with Crippen LogP contribution in [0.1, 0.15) is 5.69 Å². The predicted molar refractivity (Wildman–Crippen MR) is 137 cm³/mol. The molecule has 5 rings (SSSR count). The Kier molecular flexibility index (Phi) is 6.34. The van der Waals surface area contributed by atoms with Crippen molar-refractivity contribution in [3.63, 3.8) is 0 Å². The molecule has 4 nitrogen and oxygen atoms in total. The van der Waals surface area contributed by atoms with E-state index in [2.05, 4.69) is 96.8 Å². The third kappa shape index (κ3) is 4.01. The average molecular weight is 422 g/mol. The van der Waals surface area contributed by atoms with Crippen LogP contribution in [0.5, 0.6) is 0 Å². The van der Waals surface area contributed by atoms with Gasteiger partial charge in [-0.3, -0.25) is 4.99 Å². The van der Waals surface area contributed by atoms with Crippen LogP contribution in [0.25, 0.3) is 32.7 Å². The lowest BCUT2D eigenvalue weighted by Gasteiger charge is -2.22. The van der Waals surface area contributed by atoms with Crippen LogP contribution in [0.2, 0.25) is 0 Å². The van der Waals surface area contributed by atoms with Gasteiger partial charge in [0.2, 0.25) is 0 Å². The Bertz CT molecular complexity index is 1370. The highest BCUT2D eigenvalue weighted by Crippen LogP contribution is 2.45. The third-order valence-electron chi connectivity index (χ3n) is 5.51. The largest absolute Gasteiger partial charge is 0.400 e. The Hall–Kier alpha value is -3.89. The van der Waals surface area contributed by atoms with Crippen molar-refractivity contribution in [2.75, 3.05) is 26.1 Å². The number of H-pyrrole nitrogens is 1. The molecule has 0 radical (unpaired) electrons. The number of aliphatic hydroxyl groups is 1. The number of hydrogen-bond donors (Lipinski definition) is 2. The van der Waals surface area contributed by atoms with Crippen molar-refractivity contribution in [2.45, 2.75) is 0 Å². The minimum absolute atomic E-state index is 0.961. The van der Waals surface area contributed by atoms with Gasteiger partial charge in [-0.2, -0.15) is 0 Å². The van der Waals surface area contributed by atoms with Crippen LogP contribution < -0.4 is 4.90 Å². The summed E-state index contributed by atoms with van der Waals surface area (Å²) in [6.07, 6.45) is 3.81. The normalized spacial score (nSPS) is 11.0. The number of aliphatic hydroxyl groups excluding tert-OH is 1. The molecule has 4 aromatic carbocycles. The zero-order chi connectivity index (χ0) is 22.5. The Balaban J connectivity index is 0.00000119. The number of fused-ring (bicyclic) bond motifs is 2. The van der Waals surface area contributed by atoms with Gasteiger partial charge in [0, 0.05) is 44.2 Å². The number of hydrogen-bond acceptors (Lipinski definition) is 3. The standard InChI is InChI=1S/C27H23N3.CH4O/c1-30(2)25-16-14-20-9-4-6-12-23(20)27(25)26-22-11-5-3-8-19(22)13-15-24(26)29-18-21-10-7-17-28-21;1-2/h3-18,28H,1-2H3;2H,1H3. The molecule has 1 heterocycles. The molecule has 0 saturated carbocycles. The number of anilines is 1. The summed E-state index contributed by atoms with van der Waals surface area (Å²) in [5, 5.41) is 11.9. The smallest absolute Gasteiger partial charge is 0.0716 e. The fraction of sp³-hybridized carbons (Fsp3) is 0.107. The number of aliphatic imine (C=N–C) groups is 1. The number of aromatic amines is 1. The lowest BCUT2D eigenvalue weighted by atomic mass is 9.91. The summed E-state index contributed by atoms with van der Waals surface area (Å²) in [6.45, 7) is 0. The molecule has 0 aliphatic rings. The van der Waals surface area contributed by atoms with Crippen molar-refractivity contribution in [1.29, 1.82) is 0 Å². The molecular weight excluding hydrogens is 394 g/mol. The highest BCUT2D eigenvalue weighted by atomic mass is 16.2. The highest BCUT2D eigenvalue weighted by Gasteiger charge is 2.17. The van der Waals surface area contributed by atoms with Gasteiger partial charge in [-0.05, 0) is 45.8 Å². The first kappa shape index (κ1) is 21.3. The molecule has 0 atom stereocenters. The minimum Gasteiger partial charge on any atom is -0.400 e. The molecule has 1 aromatic heterocycles. The molecule has 32 heavy (non-hydrogen) atoms. The van der Waals surface area contributed by atoms with Gasteiger partial charge >= 0.3 is 0 Å². The summed E-state index contributed by atoms with van der Waals surface area (Å²) in [4.78, 5) is 10.3. The van der Waals surface area contributed by atoms with E-state index in [9.17, 15) is 0 Å². The highest BCUT2D eigenvalue weighted by molar-refractivity contribution is 6.13. The van der Waals surface area contributed by atoms with Crippen molar-refractivity contribution in [3.05, 3.63) is 96.8 Å². The molecule has 0 amide bonds. The maximum Gasteiger partial charge on any atom is 0.0716 e. The molecule has 2 N–H and O–H groups in total. The zero-order valence-electron chi connectivity index (χ0n) is 18.6. The third-order valence-corrected chi connectivity index (χ3v) is 5.51. The zero-order valence-corrected chi connectivity index (χ0v) is 18.6. The monoisotopic (exact) mass is 421 g/mol. The summed E-state index contributed by atoms with van der Waals surface area (Å²) in [6, 6.07) is 29.8. The van der Waals surface area contributed by atoms with E-state index in [1.54, 1.807) is 0 Å². The van der Waals surface area contributed by atoms with E-state index in [1.165, 1.54) is 32.8 Å². The number of nitrogens with one attached hydrogen (secondary N) is 1. The van der Waals surface area contributed by atoms with E-state index in [-0.39, 0.29) is 0 Å². The van der Waals surface area contributed by atoms with Gasteiger partial charge in [0.25, 0.3) is 0 Å². The fourth-order valence-electron chi connectivity index (χ4n) is 4.09. The Morgan fingerprint density at radius 3 is 1.97 bits per heavy atom. The molecular formula is C28H27N3O. The maximum absolute atomic E-state index is 7.00. The topological polar surface area (TPSA) is 51.6 Å². The van der Waals surface area contributed by atoms with Crippen LogP contribution in [0.4, 0.5) is 11.4 Å². The number of rotatable bonds is 4.